The molecule has 2 aromatic rings. The largest absolute Gasteiger partial charge is 0.488 e. The second kappa shape index (κ2) is 5.69. The van der Waals surface area contributed by atoms with Crippen LogP contribution in [-0.2, 0) is 4.74 Å². The molecule has 0 saturated carbocycles. The van der Waals surface area contributed by atoms with E-state index in [9.17, 15) is 4.79 Å². The minimum Gasteiger partial charge on any atom is -0.465 e. The highest BCUT2D eigenvalue weighted by molar-refractivity contribution is 6.58. The molecular weight excluding hydrogens is 243 g/mol. The van der Waals surface area contributed by atoms with Gasteiger partial charge in [0, 0.05) is 0 Å². The summed E-state index contributed by atoms with van der Waals surface area (Å²) in [5.74, 6) is -0.513. The Balaban J connectivity index is 2.57. The van der Waals surface area contributed by atoms with Crippen LogP contribution in [0.15, 0.2) is 48.5 Å². The average molecular weight is 256 g/mol. The molecule has 0 fully saturated rings. The van der Waals surface area contributed by atoms with Crippen molar-refractivity contribution >= 4 is 18.6 Å². The number of hydrogen-bond donors (Lipinski definition) is 2. The summed E-state index contributed by atoms with van der Waals surface area (Å²) in [6, 6.07) is 14.0. The van der Waals surface area contributed by atoms with Gasteiger partial charge in [0.25, 0.3) is 0 Å². The number of carbonyl (C=O) groups excluding carboxylic acids is 1. The van der Waals surface area contributed by atoms with Crippen LogP contribution in [0.2, 0.25) is 0 Å². The number of benzene rings is 2. The summed E-state index contributed by atoms with van der Waals surface area (Å²) in [7, 11) is -0.327. The normalized spacial score (nSPS) is 10.1. The molecule has 2 rings (SSSR count). The SMILES string of the molecule is COC(=O)c1cc(B(O)O)ccc1-c1ccccc1. The predicted octanol–water partition coefficient (Wildman–Crippen LogP) is 0.820. The van der Waals surface area contributed by atoms with Crippen LogP contribution in [-0.4, -0.2) is 30.2 Å². The van der Waals surface area contributed by atoms with Crippen molar-refractivity contribution in [1.29, 1.82) is 0 Å². The molecule has 2 aromatic carbocycles. The molecule has 4 nitrogen and oxygen atoms in total. The smallest absolute Gasteiger partial charge is 0.465 e. The van der Waals surface area contributed by atoms with Gasteiger partial charge in [-0.25, -0.2) is 4.79 Å². The molecule has 0 bridgehead atoms. The van der Waals surface area contributed by atoms with E-state index in [1.54, 1.807) is 12.1 Å². The molecule has 0 unspecified atom stereocenters. The van der Waals surface area contributed by atoms with E-state index in [0.717, 1.165) is 5.56 Å². The summed E-state index contributed by atoms with van der Waals surface area (Å²) in [6.07, 6.45) is 0. The quantitative estimate of drug-likeness (QED) is 0.630. The molecule has 0 heterocycles. The van der Waals surface area contributed by atoms with E-state index in [1.165, 1.54) is 13.2 Å². The van der Waals surface area contributed by atoms with Crippen LogP contribution in [0.1, 0.15) is 10.4 Å². The molecule has 0 aromatic heterocycles. The molecule has 2 N–H and O–H groups in total. The van der Waals surface area contributed by atoms with Gasteiger partial charge in [0.2, 0.25) is 0 Å². The summed E-state index contributed by atoms with van der Waals surface area (Å²) < 4.78 is 4.73. The van der Waals surface area contributed by atoms with Gasteiger partial charge in [-0.15, -0.1) is 0 Å². The molecule has 0 aliphatic heterocycles. The molecule has 19 heavy (non-hydrogen) atoms. The summed E-state index contributed by atoms with van der Waals surface area (Å²) in [5, 5.41) is 18.3. The second-order valence-electron chi connectivity index (χ2n) is 4.04. The zero-order valence-corrected chi connectivity index (χ0v) is 10.4. The standard InChI is InChI=1S/C14H13BO4/c1-19-14(16)13-9-11(15(17)18)7-8-12(13)10-5-3-2-4-6-10/h2-9,17-18H,1H3. The van der Waals surface area contributed by atoms with E-state index in [-0.39, 0.29) is 5.46 Å². The first-order valence-electron chi connectivity index (χ1n) is 5.77. The molecule has 0 aliphatic carbocycles. The Morgan fingerprint density at radius 2 is 1.79 bits per heavy atom. The molecule has 5 heteroatoms. The van der Waals surface area contributed by atoms with Crippen molar-refractivity contribution in [2.45, 2.75) is 0 Å². The monoisotopic (exact) mass is 256 g/mol. The van der Waals surface area contributed by atoms with Gasteiger partial charge in [-0.1, -0.05) is 42.5 Å². The minimum atomic E-state index is -1.62. The second-order valence-corrected chi connectivity index (χ2v) is 4.04. The highest BCUT2D eigenvalue weighted by atomic mass is 16.5. The third kappa shape index (κ3) is 2.84. The van der Waals surface area contributed by atoms with Crippen LogP contribution in [0, 0.1) is 0 Å². The lowest BCUT2D eigenvalue weighted by atomic mass is 9.78. The van der Waals surface area contributed by atoms with E-state index in [2.05, 4.69) is 0 Å². The van der Waals surface area contributed by atoms with Crippen LogP contribution >= 0.6 is 0 Å². The lowest BCUT2D eigenvalue weighted by Crippen LogP contribution is -2.30. The Bertz CT molecular complexity index is 581. The van der Waals surface area contributed by atoms with Gasteiger partial charge in [-0.05, 0) is 22.7 Å². The zero-order valence-electron chi connectivity index (χ0n) is 10.4. The van der Waals surface area contributed by atoms with E-state index in [0.29, 0.717) is 11.1 Å². The summed E-state index contributed by atoms with van der Waals surface area (Å²) in [6.45, 7) is 0. The van der Waals surface area contributed by atoms with Crippen LogP contribution < -0.4 is 5.46 Å². The fourth-order valence-electron chi connectivity index (χ4n) is 1.87. The Morgan fingerprint density at radius 3 is 2.37 bits per heavy atom. The average Bonchev–Trinajstić information content (AvgIpc) is 2.46. The fraction of sp³-hybridized carbons (Fsp3) is 0.0714. The highest BCUT2D eigenvalue weighted by Crippen LogP contribution is 2.23. The number of esters is 1. The molecule has 0 aliphatic rings. The number of carbonyl (C=O) groups is 1. The number of hydrogen-bond acceptors (Lipinski definition) is 4. The van der Waals surface area contributed by atoms with Gasteiger partial charge in [-0.3, -0.25) is 0 Å². The summed E-state index contributed by atoms with van der Waals surface area (Å²) >= 11 is 0. The Labute approximate surface area is 111 Å². The molecule has 96 valence electrons. The molecule has 0 radical (unpaired) electrons. The number of methoxy groups -OCH3 is 1. The van der Waals surface area contributed by atoms with Gasteiger partial charge in [0.15, 0.2) is 0 Å². The van der Waals surface area contributed by atoms with Gasteiger partial charge < -0.3 is 14.8 Å². The number of ether oxygens (including phenoxy) is 1. The third-order valence-corrected chi connectivity index (χ3v) is 2.83. The predicted molar refractivity (Wildman–Crippen MR) is 73.0 cm³/mol. The molecule has 0 amide bonds. The van der Waals surface area contributed by atoms with Crippen molar-refractivity contribution in [2.75, 3.05) is 7.11 Å². The Kier molecular flexibility index (Phi) is 3.99. The van der Waals surface area contributed by atoms with Crippen molar-refractivity contribution in [1.82, 2.24) is 0 Å². The van der Waals surface area contributed by atoms with Crippen molar-refractivity contribution in [2.24, 2.45) is 0 Å². The van der Waals surface area contributed by atoms with Gasteiger partial charge >= 0.3 is 13.1 Å². The lowest BCUT2D eigenvalue weighted by Gasteiger charge is -2.10. The van der Waals surface area contributed by atoms with Gasteiger partial charge in [0.1, 0.15) is 0 Å². The molecule has 0 atom stereocenters. The van der Waals surface area contributed by atoms with Crippen molar-refractivity contribution < 1.29 is 19.6 Å². The first-order chi connectivity index (χ1) is 9.13. The fourth-order valence-corrected chi connectivity index (χ4v) is 1.87. The van der Waals surface area contributed by atoms with Gasteiger partial charge in [-0.2, -0.15) is 0 Å². The topological polar surface area (TPSA) is 66.8 Å². The lowest BCUT2D eigenvalue weighted by molar-refractivity contribution is 0.0601. The van der Waals surface area contributed by atoms with Crippen molar-refractivity contribution in [3.05, 3.63) is 54.1 Å². The Morgan fingerprint density at radius 1 is 1.11 bits per heavy atom. The van der Waals surface area contributed by atoms with E-state index >= 15 is 0 Å². The molecule has 0 spiro atoms. The van der Waals surface area contributed by atoms with Crippen molar-refractivity contribution in [3.8, 4) is 11.1 Å². The van der Waals surface area contributed by atoms with E-state index in [1.807, 2.05) is 30.3 Å². The maximum Gasteiger partial charge on any atom is 0.488 e. The minimum absolute atomic E-state index is 0.250. The highest BCUT2D eigenvalue weighted by Gasteiger charge is 2.18. The van der Waals surface area contributed by atoms with E-state index < -0.39 is 13.1 Å². The molecular formula is C14H13BO4. The summed E-state index contributed by atoms with van der Waals surface area (Å²) in [5.41, 5.74) is 2.11. The third-order valence-electron chi connectivity index (χ3n) is 2.83. The van der Waals surface area contributed by atoms with E-state index in [4.69, 9.17) is 14.8 Å². The van der Waals surface area contributed by atoms with Crippen molar-refractivity contribution in [3.63, 3.8) is 0 Å². The maximum atomic E-state index is 11.8. The van der Waals surface area contributed by atoms with Crippen LogP contribution in [0.5, 0.6) is 0 Å². The Hall–Kier alpha value is -2.11. The first kappa shape index (κ1) is 13.3. The maximum absolute atomic E-state index is 11.8. The van der Waals surface area contributed by atoms with Crippen LogP contribution in [0.3, 0.4) is 0 Å². The van der Waals surface area contributed by atoms with Crippen LogP contribution in [0.4, 0.5) is 0 Å². The number of rotatable bonds is 3. The zero-order chi connectivity index (χ0) is 13.8. The van der Waals surface area contributed by atoms with Crippen LogP contribution in [0.25, 0.3) is 11.1 Å². The first-order valence-corrected chi connectivity index (χ1v) is 5.77. The molecule has 0 saturated heterocycles. The summed E-state index contributed by atoms with van der Waals surface area (Å²) in [4.78, 5) is 11.8. The van der Waals surface area contributed by atoms with Gasteiger partial charge in [0.05, 0.1) is 12.7 Å².